The van der Waals surface area contributed by atoms with Crippen molar-refractivity contribution in [2.24, 2.45) is 0 Å². The minimum atomic E-state index is -3.93. The van der Waals surface area contributed by atoms with Crippen molar-refractivity contribution in [3.63, 3.8) is 0 Å². The lowest BCUT2D eigenvalue weighted by molar-refractivity contribution is -0.0586. The predicted molar refractivity (Wildman–Crippen MR) is 88.1 cm³/mol. The smallest absolute Gasteiger partial charge is 0.328 e. The molecule has 0 spiro atoms. The highest BCUT2D eigenvalue weighted by Crippen LogP contribution is 2.21. The Morgan fingerprint density at radius 1 is 1.46 bits per heavy atom. The maximum Gasteiger partial charge on any atom is 0.328 e. The third-order valence-electron chi connectivity index (χ3n) is 3.86. The second kappa shape index (κ2) is 6.78. The van der Waals surface area contributed by atoms with E-state index < -0.39 is 16.1 Å². The first-order valence-electron chi connectivity index (χ1n) is 7.87. The quantitative estimate of drug-likeness (QED) is 0.814. The maximum atomic E-state index is 12.3. The molecular formula is C15H20N4O4S. The number of hydrogen-bond acceptors (Lipinski definition) is 5. The van der Waals surface area contributed by atoms with Crippen LogP contribution in [0.15, 0.2) is 29.4 Å². The Kier molecular flexibility index (Phi) is 4.72. The number of nitrogens with one attached hydrogen (secondary N) is 2. The molecule has 1 aromatic carbocycles. The van der Waals surface area contributed by atoms with Crippen molar-refractivity contribution >= 4 is 27.1 Å². The summed E-state index contributed by atoms with van der Waals surface area (Å²) in [5, 5.41) is 2.48. The van der Waals surface area contributed by atoms with Gasteiger partial charge in [-0.25, -0.2) is 22.9 Å². The van der Waals surface area contributed by atoms with Gasteiger partial charge in [-0.2, -0.15) is 0 Å². The Bertz CT molecular complexity index is 842. The number of aromatic nitrogens is 2. The zero-order valence-corrected chi connectivity index (χ0v) is 14.2. The van der Waals surface area contributed by atoms with Crippen molar-refractivity contribution < 1.29 is 17.9 Å². The molecule has 130 valence electrons. The van der Waals surface area contributed by atoms with Gasteiger partial charge in [-0.05, 0) is 31.0 Å². The second-order valence-electron chi connectivity index (χ2n) is 5.69. The van der Waals surface area contributed by atoms with Crippen LogP contribution in [0.3, 0.4) is 0 Å². The minimum absolute atomic E-state index is 0.0259. The van der Waals surface area contributed by atoms with E-state index in [1.807, 2.05) is 16.2 Å². The summed E-state index contributed by atoms with van der Waals surface area (Å²) in [6.07, 6.45) is 3.52. The van der Waals surface area contributed by atoms with Crippen molar-refractivity contribution in [3.05, 3.63) is 24.5 Å². The fourth-order valence-electron chi connectivity index (χ4n) is 2.45. The molecule has 1 aliphatic rings. The van der Waals surface area contributed by atoms with Crippen LogP contribution >= 0.6 is 0 Å². The Morgan fingerprint density at radius 3 is 2.92 bits per heavy atom. The van der Waals surface area contributed by atoms with Crippen LogP contribution in [0.5, 0.6) is 0 Å². The van der Waals surface area contributed by atoms with Crippen molar-refractivity contribution in [1.82, 2.24) is 19.6 Å². The highest BCUT2D eigenvalue weighted by Gasteiger charge is 2.21. The van der Waals surface area contributed by atoms with Gasteiger partial charge in [-0.1, -0.05) is 6.92 Å². The van der Waals surface area contributed by atoms with E-state index in [1.165, 1.54) is 12.1 Å². The number of ether oxygens (including phenoxy) is 1. The molecule has 1 fully saturated rings. The average Bonchev–Trinajstić information content (AvgIpc) is 2.90. The van der Waals surface area contributed by atoms with Crippen molar-refractivity contribution in [3.8, 4) is 0 Å². The summed E-state index contributed by atoms with van der Waals surface area (Å²) in [5.74, 6) is 0. The molecule has 24 heavy (non-hydrogen) atoms. The zero-order valence-electron chi connectivity index (χ0n) is 13.4. The molecule has 8 nitrogen and oxygen atoms in total. The van der Waals surface area contributed by atoms with E-state index >= 15 is 0 Å². The Morgan fingerprint density at radius 2 is 2.25 bits per heavy atom. The summed E-state index contributed by atoms with van der Waals surface area (Å²) in [5.41, 5.74) is 1.39. The van der Waals surface area contributed by atoms with Crippen LogP contribution in [0.4, 0.5) is 4.79 Å². The lowest BCUT2D eigenvalue weighted by Crippen LogP contribution is -2.39. The highest BCUT2D eigenvalue weighted by molar-refractivity contribution is 7.90. The lowest BCUT2D eigenvalue weighted by Gasteiger charge is -2.26. The van der Waals surface area contributed by atoms with Gasteiger partial charge in [0.1, 0.15) is 0 Å². The number of urea groups is 1. The van der Waals surface area contributed by atoms with Gasteiger partial charge in [0.05, 0.1) is 34.9 Å². The van der Waals surface area contributed by atoms with Gasteiger partial charge in [0.25, 0.3) is 10.0 Å². The van der Waals surface area contributed by atoms with E-state index in [4.69, 9.17) is 4.74 Å². The fraction of sp³-hybridized carbons (Fsp3) is 0.467. The first-order valence-corrected chi connectivity index (χ1v) is 9.35. The highest BCUT2D eigenvalue weighted by atomic mass is 32.2. The number of nitrogens with zero attached hydrogens (tertiary/aromatic N) is 2. The molecule has 0 saturated carbocycles. The zero-order chi connectivity index (χ0) is 17.2. The third kappa shape index (κ3) is 3.51. The number of benzene rings is 1. The standard InChI is InChI=1S/C15H20N4O4S/c1-2-6-16-15(20)18-24(21,22)12-3-4-13-14(8-12)19(10-17-13)9-11-5-7-23-11/h3-4,8,10-11H,2,5-7,9H2,1H3,(H2,16,18,20). The molecule has 0 aliphatic carbocycles. The molecule has 2 aromatic rings. The maximum absolute atomic E-state index is 12.3. The van der Waals surface area contributed by atoms with Crippen LogP contribution in [0.1, 0.15) is 19.8 Å². The summed E-state index contributed by atoms with van der Waals surface area (Å²) >= 11 is 0. The van der Waals surface area contributed by atoms with E-state index in [2.05, 4.69) is 10.3 Å². The number of fused-ring (bicyclic) bond motifs is 1. The van der Waals surface area contributed by atoms with Gasteiger partial charge < -0.3 is 14.6 Å². The number of carbonyl (C=O) groups excluding carboxylic acids is 1. The van der Waals surface area contributed by atoms with Crippen molar-refractivity contribution in [2.75, 3.05) is 13.2 Å². The van der Waals surface area contributed by atoms with Crippen LogP contribution in [0.25, 0.3) is 11.0 Å². The van der Waals surface area contributed by atoms with Crippen LogP contribution in [0.2, 0.25) is 0 Å². The second-order valence-corrected chi connectivity index (χ2v) is 7.37. The molecule has 1 saturated heterocycles. The number of amides is 2. The molecule has 1 aliphatic heterocycles. The summed E-state index contributed by atoms with van der Waals surface area (Å²) in [6, 6.07) is 3.87. The summed E-state index contributed by atoms with van der Waals surface area (Å²) in [7, 11) is -3.93. The monoisotopic (exact) mass is 352 g/mol. The van der Waals surface area contributed by atoms with Crippen LogP contribution in [0, 0.1) is 0 Å². The largest absolute Gasteiger partial charge is 0.376 e. The molecule has 3 rings (SSSR count). The van der Waals surface area contributed by atoms with Crippen molar-refractivity contribution in [2.45, 2.75) is 37.3 Å². The molecule has 1 aromatic heterocycles. The Balaban J connectivity index is 1.83. The van der Waals surface area contributed by atoms with Gasteiger partial charge in [0.15, 0.2) is 0 Å². The Labute approximate surface area is 140 Å². The first kappa shape index (κ1) is 16.7. The molecular weight excluding hydrogens is 332 g/mol. The van der Waals surface area contributed by atoms with E-state index in [0.29, 0.717) is 24.1 Å². The summed E-state index contributed by atoms with van der Waals surface area (Å²) < 4.78 is 34.0. The number of hydrogen-bond donors (Lipinski definition) is 2. The first-order chi connectivity index (χ1) is 11.5. The van der Waals surface area contributed by atoms with Gasteiger partial charge in [0.2, 0.25) is 0 Å². The fourth-order valence-corrected chi connectivity index (χ4v) is 3.40. The molecule has 1 atom stereocenters. The molecule has 2 N–H and O–H groups in total. The van der Waals surface area contributed by atoms with E-state index in [9.17, 15) is 13.2 Å². The van der Waals surface area contributed by atoms with Gasteiger partial charge in [0, 0.05) is 13.2 Å². The van der Waals surface area contributed by atoms with E-state index in [1.54, 1.807) is 12.4 Å². The molecule has 1 unspecified atom stereocenters. The normalized spacial score (nSPS) is 17.5. The topological polar surface area (TPSA) is 102 Å². The number of sulfonamides is 1. The molecule has 0 bridgehead atoms. The molecule has 2 heterocycles. The summed E-state index contributed by atoms with van der Waals surface area (Å²) in [6.45, 7) is 3.68. The predicted octanol–water partition coefficient (Wildman–Crippen LogP) is 1.22. The van der Waals surface area contributed by atoms with Crippen LogP contribution in [-0.2, 0) is 21.3 Å². The van der Waals surface area contributed by atoms with Crippen LogP contribution in [-0.4, -0.2) is 43.3 Å². The Hall–Kier alpha value is -2.13. The van der Waals surface area contributed by atoms with Crippen molar-refractivity contribution in [1.29, 1.82) is 0 Å². The SMILES string of the molecule is CCCNC(=O)NS(=O)(=O)c1ccc2ncn(CC3CCO3)c2c1. The lowest BCUT2D eigenvalue weighted by atomic mass is 10.2. The van der Waals surface area contributed by atoms with E-state index in [0.717, 1.165) is 19.4 Å². The molecule has 9 heteroatoms. The third-order valence-corrected chi connectivity index (χ3v) is 5.19. The van der Waals surface area contributed by atoms with Crippen LogP contribution < -0.4 is 10.0 Å². The number of carbonyl (C=O) groups is 1. The van der Waals surface area contributed by atoms with E-state index in [-0.39, 0.29) is 11.0 Å². The molecule has 0 radical (unpaired) electrons. The number of imidazole rings is 1. The average molecular weight is 352 g/mol. The van der Waals surface area contributed by atoms with Gasteiger partial charge >= 0.3 is 6.03 Å². The minimum Gasteiger partial charge on any atom is -0.376 e. The van der Waals surface area contributed by atoms with Gasteiger partial charge in [-0.3, -0.25) is 0 Å². The number of rotatable bonds is 6. The summed E-state index contributed by atoms with van der Waals surface area (Å²) in [4.78, 5) is 15.9. The molecule has 2 amide bonds. The van der Waals surface area contributed by atoms with Gasteiger partial charge in [-0.15, -0.1) is 0 Å².